The minimum atomic E-state index is -0.553. The number of aryl methyl sites for hydroxylation is 1. The molecule has 2 heteroatoms. The zero-order chi connectivity index (χ0) is 14.4. The molecule has 0 aromatic heterocycles. The van der Waals surface area contributed by atoms with Crippen molar-refractivity contribution in [2.24, 2.45) is 0 Å². The van der Waals surface area contributed by atoms with Crippen molar-refractivity contribution in [3.8, 4) is 0 Å². The summed E-state index contributed by atoms with van der Waals surface area (Å²) in [6.45, 7) is 2.65. The van der Waals surface area contributed by atoms with Gasteiger partial charge in [0.25, 0.3) is 0 Å². The van der Waals surface area contributed by atoms with Crippen molar-refractivity contribution in [1.29, 1.82) is 0 Å². The van der Waals surface area contributed by atoms with Crippen LogP contribution in [0.5, 0.6) is 0 Å². The van der Waals surface area contributed by atoms with Gasteiger partial charge in [-0.1, -0.05) is 61.5 Å². The van der Waals surface area contributed by atoms with Crippen LogP contribution >= 0.6 is 0 Å². The van der Waals surface area contributed by atoms with E-state index in [0.717, 1.165) is 12.0 Å². The maximum absolute atomic E-state index is 5.97. The first-order valence-electron chi connectivity index (χ1n) is 6.96. The molecule has 0 spiro atoms. The predicted octanol–water partition coefficient (Wildman–Crippen LogP) is 3.79. The van der Waals surface area contributed by atoms with Gasteiger partial charge in [-0.05, 0) is 23.1 Å². The Morgan fingerprint density at radius 3 is 2.15 bits per heavy atom. The maximum atomic E-state index is 5.97. The van der Waals surface area contributed by atoms with E-state index in [9.17, 15) is 0 Å². The molecule has 106 valence electrons. The second-order valence-electron chi connectivity index (χ2n) is 4.84. The van der Waals surface area contributed by atoms with Crippen LogP contribution in [0.2, 0.25) is 0 Å². The predicted molar refractivity (Wildman–Crippen MR) is 81.9 cm³/mol. The summed E-state index contributed by atoms with van der Waals surface area (Å²) in [5.41, 5.74) is 3.03. The van der Waals surface area contributed by atoms with Crippen molar-refractivity contribution in [2.45, 2.75) is 18.9 Å². The van der Waals surface area contributed by atoms with E-state index in [-0.39, 0.29) is 0 Å². The van der Waals surface area contributed by atoms with Crippen molar-refractivity contribution in [2.75, 3.05) is 20.8 Å². The topological polar surface area (TPSA) is 18.5 Å². The molecule has 0 N–H and O–H groups in total. The smallest absolute Gasteiger partial charge is 0.141 e. The van der Waals surface area contributed by atoms with Crippen molar-refractivity contribution in [3.63, 3.8) is 0 Å². The van der Waals surface area contributed by atoms with E-state index >= 15 is 0 Å². The van der Waals surface area contributed by atoms with Crippen molar-refractivity contribution in [3.05, 3.63) is 71.3 Å². The van der Waals surface area contributed by atoms with Gasteiger partial charge in [0.15, 0.2) is 0 Å². The molecule has 0 amide bonds. The zero-order valence-electron chi connectivity index (χ0n) is 12.4. The molecule has 2 aromatic carbocycles. The fourth-order valence-corrected chi connectivity index (χ4v) is 2.74. The normalized spacial score (nSPS) is 13.9. The Bertz CT molecular complexity index is 536. The molecule has 0 aliphatic heterocycles. The van der Waals surface area contributed by atoms with Gasteiger partial charge in [0.2, 0.25) is 0 Å². The Hall–Kier alpha value is -1.64. The lowest BCUT2D eigenvalue weighted by atomic mass is 9.83. The minimum Gasteiger partial charge on any atom is -0.381 e. The largest absolute Gasteiger partial charge is 0.381 e. The summed E-state index contributed by atoms with van der Waals surface area (Å²) in [6.07, 6.45) is 0.970. The fourth-order valence-electron chi connectivity index (χ4n) is 2.74. The van der Waals surface area contributed by atoms with E-state index < -0.39 is 5.60 Å². The average molecular weight is 270 g/mol. The molecule has 2 nitrogen and oxygen atoms in total. The van der Waals surface area contributed by atoms with Crippen LogP contribution in [0.3, 0.4) is 0 Å². The molecule has 0 fully saturated rings. The Balaban J connectivity index is 2.63. The van der Waals surface area contributed by atoms with Crippen LogP contribution in [0, 0.1) is 0 Å². The van der Waals surface area contributed by atoms with Gasteiger partial charge in [-0.2, -0.15) is 0 Å². The van der Waals surface area contributed by atoms with Crippen LogP contribution < -0.4 is 0 Å². The van der Waals surface area contributed by atoms with Crippen molar-refractivity contribution < 1.29 is 9.47 Å². The molecule has 0 radical (unpaired) electrons. The third-order valence-corrected chi connectivity index (χ3v) is 3.77. The molecule has 0 saturated carbocycles. The molecule has 20 heavy (non-hydrogen) atoms. The highest BCUT2D eigenvalue weighted by atomic mass is 16.5. The summed E-state index contributed by atoms with van der Waals surface area (Å²) >= 11 is 0. The van der Waals surface area contributed by atoms with E-state index in [1.807, 2.05) is 18.2 Å². The van der Waals surface area contributed by atoms with Crippen LogP contribution in [0.15, 0.2) is 54.6 Å². The molecule has 1 atom stereocenters. The van der Waals surface area contributed by atoms with Crippen molar-refractivity contribution in [1.82, 2.24) is 0 Å². The highest BCUT2D eigenvalue weighted by Gasteiger charge is 2.35. The Morgan fingerprint density at radius 1 is 0.900 bits per heavy atom. The van der Waals surface area contributed by atoms with E-state index in [2.05, 4.69) is 43.3 Å². The lowest BCUT2D eigenvalue weighted by Gasteiger charge is -2.34. The molecular formula is C18H22O2. The van der Waals surface area contributed by atoms with Crippen LogP contribution in [-0.4, -0.2) is 20.8 Å². The van der Waals surface area contributed by atoms with Crippen LogP contribution in [0.1, 0.15) is 23.6 Å². The standard InChI is InChI=1S/C18H22O2/c1-4-15-10-8-9-13-17(15)18(20-3,14-19-2)16-11-6-5-7-12-16/h5-13H,4,14H2,1-3H3. The number of ether oxygens (including phenoxy) is 2. The molecule has 2 rings (SSSR count). The highest BCUT2D eigenvalue weighted by molar-refractivity contribution is 5.41. The first-order chi connectivity index (χ1) is 9.78. The molecule has 0 aliphatic rings. The number of methoxy groups -OCH3 is 2. The third kappa shape index (κ3) is 2.62. The highest BCUT2D eigenvalue weighted by Crippen LogP contribution is 2.35. The van der Waals surface area contributed by atoms with Crippen LogP contribution in [-0.2, 0) is 21.5 Å². The quantitative estimate of drug-likeness (QED) is 0.795. The summed E-state index contributed by atoms with van der Waals surface area (Å²) < 4.78 is 11.4. The van der Waals surface area contributed by atoms with Crippen LogP contribution in [0.25, 0.3) is 0 Å². The van der Waals surface area contributed by atoms with Gasteiger partial charge in [0.1, 0.15) is 5.60 Å². The SMILES string of the molecule is CCc1ccccc1C(COC)(OC)c1ccccc1. The Morgan fingerprint density at radius 2 is 1.55 bits per heavy atom. The Kier molecular flexibility index (Phi) is 4.94. The number of benzene rings is 2. The number of hydrogen-bond donors (Lipinski definition) is 0. The minimum absolute atomic E-state index is 0.491. The molecule has 0 bridgehead atoms. The molecule has 0 aliphatic carbocycles. The van der Waals surface area contributed by atoms with E-state index in [4.69, 9.17) is 9.47 Å². The molecule has 0 heterocycles. The first-order valence-corrected chi connectivity index (χ1v) is 6.96. The summed E-state index contributed by atoms with van der Waals surface area (Å²) in [6, 6.07) is 18.7. The Labute approximate surface area is 121 Å². The van der Waals surface area contributed by atoms with Gasteiger partial charge in [-0.15, -0.1) is 0 Å². The van der Waals surface area contributed by atoms with E-state index in [1.165, 1.54) is 11.1 Å². The summed E-state index contributed by atoms with van der Waals surface area (Å²) in [7, 11) is 3.46. The van der Waals surface area contributed by atoms with Gasteiger partial charge in [0, 0.05) is 14.2 Å². The lowest BCUT2D eigenvalue weighted by molar-refractivity contribution is -0.0393. The van der Waals surface area contributed by atoms with Gasteiger partial charge >= 0.3 is 0 Å². The molecule has 2 aromatic rings. The maximum Gasteiger partial charge on any atom is 0.141 e. The van der Waals surface area contributed by atoms with Gasteiger partial charge in [-0.25, -0.2) is 0 Å². The fraction of sp³-hybridized carbons (Fsp3) is 0.333. The summed E-state index contributed by atoms with van der Waals surface area (Å²) in [5.74, 6) is 0. The van der Waals surface area contributed by atoms with Crippen LogP contribution in [0.4, 0.5) is 0 Å². The average Bonchev–Trinajstić information content (AvgIpc) is 2.53. The zero-order valence-corrected chi connectivity index (χ0v) is 12.4. The molecular weight excluding hydrogens is 248 g/mol. The van der Waals surface area contributed by atoms with Gasteiger partial charge in [-0.3, -0.25) is 0 Å². The third-order valence-electron chi connectivity index (χ3n) is 3.77. The molecule has 1 unspecified atom stereocenters. The van der Waals surface area contributed by atoms with E-state index in [1.54, 1.807) is 14.2 Å². The second-order valence-corrected chi connectivity index (χ2v) is 4.84. The number of hydrogen-bond acceptors (Lipinski definition) is 2. The molecule has 0 saturated heterocycles. The summed E-state index contributed by atoms with van der Waals surface area (Å²) in [4.78, 5) is 0. The summed E-state index contributed by atoms with van der Waals surface area (Å²) in [5, 5.41) is 0. The lowest BCUT2D eigenvalue weighted by Crippen LogP contribution is -2.36. The monoisotopic (exact) mass is 270 g/mol. The van der Waals surface area contributed by atoms with Crippen molar-refractivity contribution >= 4 is 0 Å². The van der Waals surface area contributed by atoms with E-state index in [0.29, 0.717) is 6.61 Å². The second kappa shape index (κ2) is 6.69. The number of rotatable bonds is 6. The van der Waals surface area contributed by atoms with Gasteiger partial charge < -0.3 is 9.47 Å². The first kappa shape index (κ1) is 14.8. The van der Waals surface area contributed by atoms with Gasteiger partial charge in [0.05, 0.1) is 6.61 Å².